The summed E-state index contributed by atoms with van der Waals surface area (Å²) in [6, 6.07) is 2.33. The van der Waals surface area contributed by atoms with Crippen LogP contribution < -0.4 is 5.32 Å². The van der Waals surface area contributed by atoms with Crippen LogP contribution in [0, 0.1) is 6.92 Å². The van der Waals surface area contributed by atoms with Gasteiger partial charge in [0.2, 0.25) is 0 Å². The van der Waals surface area contributed by atoms with Gasteiger partial charge in [0.1, 0.15) is 0 Å². The van der Waals surface area contributed by atoms with E-state index < -0.39 is 0 Å². The summed E-state index contributed by atoms with van der Waals surface area (Å²) in [5.41, 5.74) is 1.54. The Morgan fingerprint density at radius 2 is 2.50 bits per heavy atom. The van der Waals surface area contributed by atoms with E-state index in [4.69, 9.17) is 0 Å². The van der Waals surface area contributed by atoms with E-state index in [0.29, 0.717) is 0 Å². The second-order valence-electron chi connectivity index (χ2n) is 3.48. The highest BCUT2D eigenvalue weighted by Crippen LogP contribution is 2.33. The fourth-order valence-electron chi connectivity index (χ4n) is 1.87. The van der Waals surface area contributed by atoms with Gasteiger partial charge in [0, 0.05) is 28.8 Å². The maximum absolute atomic E-state index is 3.46. The zero-order valence-electron chi connectivity index (χ0n) is 7.68. The van der Waals surface area contributed by atoms with Gasteiger partial charge in [-0.25, -0.2) is 0 Å². The van der Waals surface area contributed by atoms with Gasteiger partial charge >= 0.3 is 0 Å². The molecule has 0 radical (unpaired) electrons. The SMILES string of the molecule is CCC1CNCc2cc(C)sc21. The van der Waals surface area contributed by atoms with Gasteiger partial charge in [-0.2, -0.15) is 0 Å². The molecule has 0 saturated heterocycles. The summed E-state index contributed by atoms with van der Waals surface area (Å²) in [5, 5.41) is 3.46. The minimum atomic E-state index is 0.771. The highest BCUT2D eigenvalue weighted by atomic mass is 32.1. The average Bonchev–Trinajstić information content (AvgIpc) is 2.44. The lowest BCUT2D eigenvalue weighted by atomic mass is 9.98. The molecule has 0 saturated carbocycles. The fourth-order valence-corrected chi connectivity index (χ4v) is 3.10. The van der Waals surface area contributed by atoms with E-state index in [2.05, 4.69) is 25.2 Å². The molecule has 2 rings (SSSR count). The molecule has 2 heteroatoms. The van der Waals surface area contributed by atoms with Crippen molar-refractivity contribution in [2.45, 2.75) is 32.7 Å². The van der Waals surface area contributed by atoms with Crippen LogP contribution in [0.1, 0.15) is 34.6 Å². The van der Waals surface area contributed by atoms with Gasteiger partial charge in [-0.3, -0.25) is 0 Å². The van der Waals surface area contributed by atoms with Crippen LogP contribution in [-0.2, 0) is 6.54 Å². The molecule has 1 N–H and O–H groups in total. The maximum Gasteiger partial charge on any atom is 0.0216 e. The molecule has 1 aromatic heterocycles. The molecule has 1 aliphatic rings. The minimum absolute atomic E-state index is 0.771. The quantitative estimate of drug-likeness (QED) is 0.702. The average molecular weight is 181 g/mol. The molecular formula is C10H15NS. The van der Waals surface area contributed by atoms with Crippen molar-refractivity contribution in [3.63, 3.8) is 0 Å². The van der Waals surface area contributed by atoms with Gasteiger partial charge < -0.3 is 5.32 Å². The number of thiophene rings is 1. The van der Waals surface area contributed by atoms with Gasteiger partial charge in [0.25, 0.3) is 0 Å². The fraction of sp³-hybridized carbons (Fsp3) is 0.600. The predicted octanol–water partition coefficient (Wildman–Crippen LogP) is 2.65. The van der Waals surface area contributed by atoms with Crippen molar-refractivity contribution in [2.24, 2.45) is 0 Å². The van der Waals surface area contributed by atoms with E-state index >= 15 is 0 Å². The van der Waals surface area contributed by atoms with Crippen LogP contribution in [0.5, 0.6) is 0 Å². The van der Waals surface area contributed by atoms with Crippen LogP contribution >= 0.6 is 11.3 Å². The van der Waals surface area contributed by atoms with Gasteiger partial charge in [0.05, 0.1) is 0 Å². The summed E-state index contributed by atoms with van der Waals surface area (Å²) in [5.74, 6) is 0.771. The molecule has 12 heavy (non-hydrogen) atoms. The van der Waals surface area contributed by atoms with Gasteiger partial charge in [-0.1, -0.05) is 6.92 Å². The second-order valence-corrected chi connectivity index (χ2v) is 4.77. The standard InChI is InChI=1S/C10H15NS/c1-3-8-5-11-6-9-4-7(2)12-10(8)9/h4,8,11H,3,5-6H2,1-2H3. The van der Waals surface area contributed by atoms with E-state index in [1.807, 2.05) is 11.3 Å². The van der Waals surface area contributed by atoms with Crippen molar-refractivity contribution < 1.29 is 0 Å². The Labute approximate surface area is 77.8 Å². The third-order valence-corrected chi connectivity index (χ3v) is 3.79. The number of nitrogens with one attached hydrogen (secondary N) is 1. The van der Waals surface area contributed by atoms with Crippen molar-refractivity contribution >= 4 is 11.3 Å². The third kappa shape index (κ3) is 1.29. The van der Waals surface area contributed by atoms with E-state index in [1.165, 1.54) is 23.4 Å². The molecule has 0 bridgehead atoms. The smallest absolute Gasteiger partial charge is 0.0216 e. The highest BCUT2D eigenvalue weighted by molar-refractivity contribution is 7.12. The zero-order chi connectivity index (χ0) is 8.55. The number of aryl methyl sites for hydroxylation is 1. The van der Waals surface area contributed by atoms with Crippen LogP contribution in [0.2, 0.25) is 0 Å². The largest absolute Gasteiger partial charge is 0.312 e. The molecule has 2 heterocycles. The first kappa shape index (κ1) is 8.27. The summed E-state index contributed by atoms with van der Waals surface area (Å²) in [7, 11) is 0. The van der Waals surface area contributed by atoms with Crippen molar-refractivity contribution in [3.8, 4) is 0 Å². The Kier molecular flexibility index (Phi) is 2.20. The number of fused-ring (bicyclic) bond motifs is 1. The summed E-state index contributed by atoms with van der Waals surface area (Å²) < 4.78 is 0. The molecule has 0 fully saturated rings. The van der Waals surface area contributed by atoms with Gasteiger partial charge in [-0.05, 0) is 25.0 Å². The topological polar surface area (TPSA) is 12.0 Å². The molecule has 1 aromatic rings. The molecule has 66 valence electrons. The molecular weight excluding hydrogens is 166 g/mol. The number of hydrogen-bond donors (Lipinski definition) is 1. The van der Waals surface area contributed by atoms with E-state index in [9.17, 15) is 0 Å². The van der Waals surface area contributed by atoms with Crippen molar-refractivity contribution in [2.75, 3.05) is 6.54 Å². The van der Waals surface area contributed by atoms with Crippen LogP contribution in [0.25, 0.3) is 0 Å². The third-order valence-electron chi connectivity index (χ3n) is 2.53. The van der Waals surface area contributed by atoms with Gasteiger partial charge in [0.15, 0.2) is 0 Å². The van der Waals surface area contributed by atoms with Gasteiger partial charge in [-0.15, -0.1) is 11.3 Å². The first-order valence-corrected chi connectivity index (χ1v) is 5.43. The molecule has 1 nitrogen and oxygen atoms in total. The number of rotatable bonds is 1. The first-order valence-electron chi connectivity index (χ1n) is 4.61. The lowest BCUT2D eigenvalue weighted by molar-refractivity contribution is 0.540. The second kappa shape index (κ2) is 3.19. The molecule has 1 atom stereocenters. The normalized spacial score (nSPS) is 22.3. The van der Waals surface area contributed by atoms with E-state index in [0.717, 1.165) is 12.5 Å². The van der Waals surface area contributed by atoms with Crippen LogP contribution in [0.4, 0.5) is 0 Å². The Hall–Kier alpha value is -0.340. The molecule has 0 amide bonds. The van der Waals surface area contributed by atoms with E-state index in [1.54, 1.807) is 4.88 Å². The lowest BCUT2D eigenvalue weighted by Gasteiger charge is -2.21. The van der Waals surface area contributed by atoms with Crippen molar-refractivity contribution in [1.82, 2.24) is 5.32 Å². The minimum Gasteiger partial charge on any atom is -0.312 e. The lowest BCUT2D eigenvalue weighted by Crippen LogP contribution is -2.26. The molecule has 0 spiro atoms. The molecule has 0 aliphatic carbocycles. The first-order chi connectivity index (χ1) is 5.81. The summed E-state index contributed by atoms with van der Waals surface area (Å²) in [4.78, 5) is 3.09. The Morgan fingerprint density at radius 3 is 3.25 bits per heavy atom. The van der Waals surface area contributed by atoms with Crippen molar-refractivity contribution in [3.05, 3.63) is 21.4 Å². The summed E-state index contributed by atoms with van der Waals surface area (Å²) in [6.45, 7) is 6.73. The van der Waals surface area contributed by atoms with Crippen LogP contribution in [0.15, 0.2) is 6.07 Å². The van der Waals surface area contributed by atoms with E-state index in [-0.39, 0.29) is 0 Å². The van der Waals surface area contributed by atoms with Crippen LogP contribution in [-0.4, -0.2) is 6.54 Å². The summed E-state index contributed by atoms with van der Waals surface area (Å²) >= 11 is 1.98. The Bertz CT molecular complexity index is 277. The molecule has 1 aliphatic heterocycles. The predicted molar refractivity (Wildman–Crippen MR) is 53.8 cm³/mol. The molecule has 0 aromatic carbocycles. The number of hydrogen-bond acceptors (Lipinski definition) is 2. The summed E-state index contributed by atoms with van der Waals surface area (Å²) in [6.07, 6.45) is 1.26. The Balaban J connectivity index is 2.36. The zero-order valence-corrected chi connectivity index (χ0v) is 8.50. The maximum atomic E-state index is 3.46. The highest BCUT2D eigenvalue weighted by Gasteiger charge is 2.20. The Morgan fingerprint density at radius 1 is 1.67 bits per heavy atom. The monoisotopic (exact) mass is 181 g/mol. The molecule has 1 unspecified atom stereocenters. The van der Waals surface area contributed by atoms with Crippen LogP contribution in [0.3, 0.4) is 0 Å². The van der Waals surface area contributed by atoms with Crippen molar-refractivity contribution in [1.29, 1.82) is 0 Å².